The summed E-state index contributed by atoms with van der Waals surface area (Å²) >= 11 is 0. The van der Waals surface area contributed by atoms with Crippen LogP contribution in [0.5, 0.6) is 0 Å². The zero-order valence-electron chi connectivity index (χ0n) is 17.1. The highest BCUT2D eigenvalue weighted by molar-refractivity contribution is 7.91. The molecule has 8 nitrogen and oxygen atoms in total. The van der Waals surface area contributed by atoms with E-state index in [2.05, 4.69) is 10.9 Å². The van der Waals surface area contributed by atoms with Crippen molar-refractivity contribution in [3.8, 4) is 0 Å². The molecule has 0 bridgehead atoms. The Balaban J connectivity index is 1.51. The van der Waals surface area contributed by atoms with Crippen molar-refractivity contribution in [3.63, 3.8) is 0 Å². The van der Waals surface area contributed by atoms with Crippen LogP contribution in [0, 0.1) is 0 Å². The molecule has 1 atom stereocenters. The number of hydrazine groups is 1. The van der Waals surface area contributed by atoms with Gasteiger partial charge in [0.05, 0.1) is 17.1 Å². The third-order valence-corrected chi connectivity index (χ3v) is 7.16. The quantitative estimate of drug-likeness (QED) is 0.598. The van der Waals surface area contributed by atoms with Gasteiger partial charge >= 0.3 is 0 Å². The van der Waals surface area contributed by atoms with Crippen molar-refractivity contribution in [1.29, 1.82) is 0 Å². The van der Waals surface area contributed by atoms with Gasteiger partial charge in [0.15, 0.2) is 9.84 Å². The second-order valence-corrected chi connectivity index (χ2v) is 9.92. The molecule has 3 aromatic rings. The van der Waals surface area contributed by atoms with Crippen LogP contribution < -0.4 is 10.9 Å². The molecule has 4 rings (SSSR count). The Kier molecular flexibility index (Phi) is 5.79. The molecule has 1 fully saturated rings. The number of aryl methyl sites for hydroxylation is 1. The summed E-state index contributed by atoms with van der Waals surface area (Å²) in [4.78, 5) is 27.7. The minimum Gasteiger partial charge on any atom is -0.350 e. The van der Waals surface area contributed by atoms with Gasteiger partial charge in [-0.05, 0) is 11.6 Å². The predicted molar refractivity (Wildman–Crippen MR) is 118 cm³/mol. The highest BCUT2D eigenvalue weighted by Gasteiger charge is 2.32. The van der Waals surface area contributed by atoms with Gasteiger partial charge in [-0.15, -0.1) is 0 Å². The molecule has 2 aromatic carbocycles. The first-order valence-corrected chi connectivity index (χ1v) is 11.8. The lowest BCUT2D eigenvalue weighted by Crippen LogP contribution is -2.51. The first kappa shape index (κ1) is 21.1. The van der Waals surface area contributed by atoms with E-state index in [-0.39, 0.29) is 24.6 Å². The molecular weight excluding hydrogens is 416 g/mol. The molecule has 2 heterocycles. The van der Waals surface area contributed by atoms with Crippen LogP contribution in [0.4, 0.5) is 0 Å². The summed E-state index contributed by atoms with van der Waals surface area (Å²) in [5.74, 6) is -0.824. The Morgan fingerprint density at radius 3 is 2.29 bits per heavy atom. The molecule has 0 spiro atoms. The molecular formula is C22H24N4O4S. The standard InChI is InChI=1S/C22H24N4O4S/c1-25-15-18(17-9-5-6-10-19(17)25)21(27)23-24-22(28)20(16-7-3-2-4-8-16)26-11-13-31(29,30)14-12-26/h2-10,15,20H,11-14H2,1H3,(H,23,27)(H,24,28). The van der Waals surface area contributed by atoms with E-state index in [1.54, 1.807) is 6.20 Å². The average molecular weight is 441 g/mol. The second-order valence-electron chi connectivity index (χ2n) is 7.62. The number of hydrogen-bond donors (Lipinski definition) is 2. The number of benzene rings is 2. The number of sulfone groups is 1. The molecule has 31 heavy (non-hydrogen) atoms. The van der Waals surface area contributed by atoms with Gasteiger partial charge in [0.25, 0.3) is 11.8 Å². The van der Waals surface area contributed by atoms with Gasteiger partial charge in [0.1, 0.15) is 6.04 Å². The summed E-state index contributed by atoms with van der Waals surface area (Å²) in [6.45, 7) is 0.513. The fraction of sp³-hybridized carbons (Fsp3) is 0.273. The van der Waals surface area contributed by atoms with E-state index in [0.717, 1.165) is 16.5 Å². The van der Waals surface area contributed by atoms with E-state index < -0.39 is 27.7 Å². The first-order chi connectivity index (χ1) is 14.9. The number of nitrogens with zero attached hydrogens (tertiary/aromatic N) is 2. The third-order valence-electron chi connectivity index (χ3n) is 5.55. The molecule has 1 unspecified atom stereocenters. The zero-order chi connectivity index (χ0) is 22.0. The van der Waals surface area contributed by atoms with Gasteiger partial charge in [-0.25, -0.2) is 8.42 Å². The normalized spacial score (nSPS) is 17.2. The van der Waals surface area contributed by atoms with Crippen LogP contribution in [-0.2, 0) is 21.7 Å². The second kappa shape index (κ2) is 8.52. The van der Waals surface area contributed by atoms with Crippen molar-refractivity contribution >= 4 is 32.6 Å². The molecule has 1 aliphatic heterocycles. The largest absolute Gasteiger partial charge is 0.350 e. The molecule has 2 N–H and O–H groups in total. The fourth-order valence-electron chi connectivity index (χ4n) is 3.92. The topological polar surface area (TPSA) is 101 Å². The average Bonchev–Trinajstić information content (AvgIpc) is 3.11. The van der Waals surface area contributed by atoms with Crippen molar-refractivity contribution in [3.05, 3.63) is 71.9 Å². The van der Waals surface area contributed by atoms with E-state index >= 15 is 0 Å². The maximum atomic E-state index is 13.1. The summed E-state index contributed by atoms with van der Waals surface area (Å²) < 4.78 is 25.5. The van der Waals surface area contributed by atoms with Crippen LogP contribution in [-0.4, -0.2) is 54.3 Å². The Hall–Kier alpha value is -3.17. The van der Waals surface area contributed by atoms with Crippen LogP contribution in [0.3, 0.4) is 0 Å². The van der Waals surface area contributed by atoms with Crippen LogP contribution >= 0.6 is 0 Å². The fourth-order valence-corrected chi connectivity index (χ4v) is 5.15. The van der Waals surface area contributed by atoms with Crippen molar-refractivity contribution in [1.82, 2.24) is 20.3 Å². The number of aromatic nitrogens is 1. The number of hydrogen-bond acceptors (Lipinski definition) is 5. The molecule has 1 aromatic heterocycles. The molecule has 0 radical (unpaired) electrons. The Morgan fingerprint density at radius 2 is 1.58 bits per heavy atom. The van der Waals surface area contributed by atoms with Crippen molar-refractivity contribution < 1.29 is 18.0 Å². The Morgan fingerprint density at radius 1 is 0.935 bits per heavy atom. The van der Waals surface area contributed by atoms with Gasteiger partial charge in [-0.2, -0.15) is 0 Å². The minimum atomic E-state index is -3.08. The summed E-state index contributed by atoms with van der Waals surface area (Å²) in [6.07, 6.45) is 1.72. The van der Waals surface area contributed by atoms with Crippen LogP contribution in [0.25, 0.3) is 10.9 Å². The van der Waals surface area contributed by atoms with E-state index in [9.17, 15) is 18.0 Å². The maximum absolute atomic E-state index is 13.1. The van der Waals surface area contributed by atoms with Gasteiger partial charge in [-0.3, -0.25) is 25.3 Å². The monoisotopic (exact) mass is 440 g/mol. The zero-order valence-corrected chi connectivity index (χ0v) is 17.9. The minimum absolute atomic E-state index is 0.00593. The highest BCUT2D eigenvalue weighted by Crippen LogP contribution is 2.23. The van der Waals surface area contributed by atoms with E-state index in [4.69, 9.17) is 0 Å². The van der Waals surface area contributed by atoms with Crippen LogP contribution in [0.1, 0.15) is 22.0 Å². The Bertz CT molecular complexity index is 1210. The molecule has 1 saturated heterocycles. The number of amides is 2. The molecule has 2 amide bonds. The lowest BCUT2D eigenvalue weighted by molar-refractivity contribution is -0.127. The number of rotatable bonds is 4. The van der Waals surface area contributed by atoms with E-state index in [1.807, 2.05) is 71.1 Å². The highest BCUT2D eigenvalue weighted by atomic mass is 32.2. The lowest BCUT2D eigenvalue weighted by Gasteiger charge is -2.33. The van der Waals surface area contributed by atoms with E-state index in [0.29, 0.717) is 5.56 Å². The number of fused-ring (bicyclic) bond motifs is 1. The summed E-state index contributed by atoms with van der Waals surface area (Å²) in [7, 11) is -1.23. The predicted octanol–water partition coefficient (Wildman–Crippen LogP) is 1.41. The summed E-state index contributed by atoms with van der Waals surface area (Å²) in [6, 6.07) is 16.0. The van der Waals surface area contributed by atoms with Crippen LogP contribution in [0.15, 0.2) is 60.8 Å². The van der Waals surface area contributed by atoms with Crippen molar-refractivity contribution in [2.24, 2.45) is 7.05 Å². The lowest BCUT2D eigenvalue weighted by atomic mass is 10.0. The van der Waals surface area contributed by atoms with Crippen LogP contribution in [0.2, 0.25) is 0 Å². The number of carbonyl (C=O) groups is 2. The van der Waals surface area contributed by atoms with Crippen molar-refractivity contribution in [2.75, 3.05) is 24.6 Å². The number of carbonyl (C=O) groups excluding carboxylic acids is 2. The van der Waals surface area contributed by atoms with E-state index in [1.165, 1.54) is 0 Å². The van der Waals surface area contributed by atoms with Gasteiger partial charge in [0, 0.05) is 37.2 Å². The molecule has 0 saturated carbocycles. The first-order valence-electron chi connectivity index (χ1n) is 9.99. The molecule has 162 valence electrons. The van der Waals surface area contributed by atoms with Gasteiger partial charge < -0.3 is 4.57 Å². The summed E-state index contributed by atoms with van der Waals surface area (Å²) in [5.41, 5.74) is 7.15. The summed E-state index contributed by atoms with van der Waals surface area (Å²) in [5, 5.41) is 0.789. The van der Waals surface area contributed by atoms with Gasteiger partial charge in [-0.1, -0.05) is 48.5 Å². The smallest absolute Gasteiger partial charge is 0.271 e. The Labute approximate surface area is 180 Å². The third kappa shape index (κ3) is 4.47. The SMILES string of the molecule is Cn1cc(C(=O)NNC(=O)C(c2ccccc2)N2CCS(=O)(=O)CC2)c2ccccc21. The molecule has 9 heteroatoms. The molecule has 0 aliphatic carbocycles. The van der Waals surface area contributed by atoms with Gasteiger partial charge in [0.2, 0.25) is 0 Å². The number of nitrogens with one attached hydrogen (secondary N) is 2. The number of para-hydroxylation sites is 1. The maximum Gasteiger partial charge on any atom is 0.271 e. The molecule has 1 aliphatic rings. The van der Waals surface area contributed by atoms with Crippen molar-refractivity contribution in [2.45, 2.75) is 6.04 Å².